The first-order valence-corrected chi connectivity index (χ1v) is 7.78. The minimum atomic E-state index is -0.349. The van der Waals surface area contributed by atoms with Gasteiger partial charge in [0.15, 0.2) is 0 Å². The molecule has 0 spiro atoms. The Balaban J connectivity index is 2.15. The van der Waals surface area contributed by atoms with Crippen molar-refractivity contribution in [2.75, 3.05) is 5.32 Å². The van der Waals surface area contributed by atoms with Crippen LogP contribution in [-0.2, 0) is 4.79 Å². The molecule has 2 unspecified atom stereocenters. The maximum atomic E-state index is 12.3. The number of nitriles is 1. The van der Waals surface area contributed by atoms with Gasteiger partial charge < -0.3 is 10.2 Å². The fourth-order valence-electron chi connectivity index (χ4n) is 2.90. The van der Waals surface area contributed by atoms with Gasteiger partial charge in [0.25, 0.3) is 5.91 Å². The molecule has 1 saturated heterocycles. The number of nitrogens with one attached hydrogen (secondary N) is 1. The van der Waals surface area contributed by atoms with Crippen molar-refractivity contribution in [1.82, 2.24) is 4.90 Å². The van der Waals surface area contributed by atoms with E-state index in [-0.39, 0.29) is 11.5 Å². The van der Waals surface area contributed by atoms with E-state index in [2.05, 4.69) is 24.1 Å². The van der Waals surface area contributed by atoms with Crippen molar-refractivity contribution in [3.8, 4) is 6.07 Å². The molecule has 1 amide bonds. The normalized spacial score (nSPS) is 22.1. The van der Waals surface area contributed by atoms with Gasteiger partial charge in [0.05, 0.1) is 0 Å². The predicted molar refractivity (Wildman–Crippen MR) is 88.1 cm³/mol. The maximum Gasteiger partial charge on any atom is 0.267 e. The molecule has 1 aliphatic heterocycles. The van der Waals surface area contributed by atoms with E-state index in [1.54, 1.807) is 6.20 Å². The number of hydrogen-bond donors (Lipinski definition) is 1. The van der Waals surface area contributed by atoms with Crippen molar-refractivity contribution >= 4 is 11.6 Å². The van der Waals surface area contributed by atoms with Crippen molar-refractivity contribution in [2.45, 2.75) is 52.1 Å². The summed E-state index contributed by atoms with van der Waals surface area (Å²) in [6, 6.07) is 10.3. The second-order valence-electron chi connectivity index (χ2n) is 6.05. The lowest BCUT2D eigenvalue weighted by atomic mass is 9.98. The molecule has 1 fully saturated rings. The first kappa shape index (κ1) is 16.1. The smallest absolute Gasteiger partial charge is 0.267 e. The molecule has 4 heteroatoms. The SMILES string of the molecule is Cc1cccc(NC(=O)/C(C#N)=C\N2C(C)CCCC2C)c1. The molecule has 1 aromatic rings. The number of amides is 1. The summed E-state index contributed by atoms with van der Waals surface area (Å²) >= 11 is 0. The Morgan fingerprint density at radius 1 is 1.36 bits per heavy atom. The van der Waals surface area contributed by atoms with Crippen LogP contribution in [-0.4, -0.2) is 22.9 Å². The summed E-state index contributed by atoms with van der Waals surface area (Å²) in [6.07, 6.45) is 5.11. The zero-order chi connectivity index (χ0) is 16.1. The van der Waals surface area contributed by atoms with Crippen LogP contribution in [0.1, 0.15) is 38.7 Å². The average molecular weight is 297 g/mol. The molecular weight excluding hydrogens is 274 g/mol. The summed E-state index contributed by atoms with van der Waals surface area (Å²) < 4.78 is 0. The number of likely N-dealkylation sites (tertiary alicyclic amines) is 1. The van der Waals surface area contributed by atoms with Gasteiger partial charge in [-0.3, -0.25) is 4.79 Å². The highest BCUT2D eigenvalue weighted by Gasteiger charge is 2.23. The minimum Gasteiger partial charge on any atom is -0.371 e. The van der Waals surface area contributed by atoms with Gasteiger partial charge in [0, 0.05) is 24.0 Å². The Morgan fingerprint density at radius 3 is 2.64 bits per heavy atom. The summed E-state index contributed by atoms with van der Waals surface area (Å²) in [6.45, 7) is 6.24. The topological polar surface area (TPSA) is 56.1 Å². The van der Waals surface area contributed by atoms with Gasteiger partial charge in [0.2, 0.25) is 0 Å². The maximum absolute atomic E-state index is 12.3. The Labute approximate surface area is 132 Å². The van der Waals surface area contributed by atoms with Gasteiger partial charge in [-0.1, -0.05) is 12.1 Å². The highest BCUT2D eigenvalue weighted by Crippen LogP contribution is 2.23. The zero-order valence-corrected chi connectivity index (χ0v) is 13.5. The number of nitrogens with zero attached hydrogens (tertiary/aromatic N) is 2. The van der Waals surface area contributed by atoms with Gasteiger partial charge >= 0.3 is 0 Å². The molecule has 22 heavy (non-hydrogen) atoms. The molecule has 2 rings (SSSR count). The lowest BCUT2D eigenvalue weighted by Crippen LogP contribution is -2.40. The van der Waals surface area contributed by atoms with Crippen LogP contribution in [0.2, 0.25) is 0 Å². The Kier molecular flexibility index (Phi) is 5.21. The van der Waals surface area contributed by atoms with Crippen molar-refractivity contribution in [3.63, 3.8) is 0 Å². The summed E-state index contributed by atoms with van der Waals surface area (Å²) in [5.41, 5.74) is 1.94. The van der Waals surface area contributed by atoms with Gasteiger partial charge in [-0.2, -0.15) is 5.26 Å². The Hall–Kier alpha value is -2.28. The van der Waals surface area contributed by atoms with Crippen LogP contribution in [0.25, 0.3) is 0 Å². The van der Waals surface area contributed by atoms with Crippen LogP contribution in [0.3, 0.4) is 0 Å². The van der Waals surface area contributed by atoms with E-state index < -0.39 is 0 Å². The van der Waals surface area contributed by atoms with Gasteiger partial charge in [-0.05, 0) is 57.7 Å². The molecule has 0 saturated carbocycles. The molecule has 1 heterocycles. The van der Waals surface area contributed by atoms with E-state index in [1.807, 2.05) is 37.3 Å². The molecule has 1 aromatic carbocycles. The van der Waals surface area contributed by atoms with Crippen LogP contribution >= 0.6 is 0 Å². The van der Waals surface area contributed by atoms with Crippen LogP contribution < -0.4 is 5.32 Å². The predicted octanol–water partition coefficient (Wildman–Crippen LogP) is 3.60. The molecular formula is C18H23N3O. The number of hydrogen-bond acceptors (Lipinski definition) is 3. The van der Waals surface area contributed by atoms with E-state index in [9.17, 15) is 10.1 Å². The molecule has 0 aliphatic carbocycles. The summed E-state index contributed by atoms with van der Waals surface area (Å²) in [5, 5.41) is 12.1. The van der Waals surface area contributed by atoms with E-state index >= 15 is 0 Å². The Morgan fingerprint density at radius 2 is 2.05 bits per heavy atom. The van der Waals surface area contributed by atoms with Gasteiger partial charge in [-0.15, -0.1) is 0 Å². The fourth-order valence-corrected chi connectivity index (χ4v) is 2.90. The second kappa shape index (κ2) is 7.13. The molecule has 1 N–H and O–H groups in total. The lowest BCUT2D eigenvalue weighted by molar-refractivity contribution is -0.112. The molecule has 2 atom stereocenters. The average Bonchev–Trinajstić information content (AvgIpc) is 2.47. The van der Waals surface area contributed by atoms with Gasteiger partial charge in [-0.25, -0.2) is 0 Å². The Bertz CT molecular complexity index is 605. The van der Waals surface area contributed by atoms with Crippen LogP contribution in [0, 0.1) is 18.3 Å². The van der Waals surface area contributed by atoms with Crippen LogP contribution in [0.15, 0.2) is 36.0 Å². The van der Waals surface area contributed by atoms with E-state index in [4.69, 9.17) is 0 Å². The fraction of sp³-hybridized carbons (Fsp3) is 0.444. The van der Waals surface area contributed by atoms with E-state index in [1.165, 1.54) is 6.42 Å². The summed E-state index contributed by atoms with van der Waals surface area (Å²) in [4.78, 5) is 14.5. The first-order valence-electron chi connectivity index (χ1n) is 7.78. The second-order valence-corrected chi connectivity index (χ2v) is 6.05. The molecule has 1 aliphatic rings. The number of benzene rings is 1. The largest absolute Gasteiger partial charge is 0.371 e. The third-order valence-electron chi connectivity index (χ3n) is 4.18. The van der Waals surface area contributed by atoms with E-state index in [0.717, 1.165) is 18.4 Å². The third kappa shape index (κ3) is 3.88. The number of carbonyl (C=O) groups excluding carboxylic acids is 1. The van der Waals surface area contributed by atoms with Crippen LogP contribution in [0.5, 0.6) is 0 Å². The van der Waals surface area contributed by atoms with Gasteiger partial charge in [0.1, 0.15) is 11.6 Å². The summed E-state index contributed by atoms with van der Waals surface area (Å²) in [5.74, 6) is -0.349. The quantitative estimate of drug-likeness (QED) is 0.685. The number of carbonyl (C=O) groups is 1. The van der Waals surface area contributed by atoms with E-state index in [0.29, 0.717) is 17.8 Å². The number of rotatable bonds is 3. The van der Waals surface area contributed by atoms with Crippen molar-refractivity contribution in [2.24, 2.45) is 0 Å². The zero-order valence-electron chi connectivity index (χ0n) is 13.5. The number of anilines is 1. The standard InChI is InChI=1S/C18H23N3O/c1-13-6-4-9-17(10-13)20-18(22)16(11-19)12-21-14(2)7-5-8-15(21)3/h4,6,9-10,12,14-15H,5,7-8H2,1-3H3,(H,20,22)/b16-12-. The molecule has 0 bridgehead atoms. The highest BCUT2D eigenvalue weighted by molar-refractivity contribution is 6.06. The molecule has 116 valence electrons. The van der Waals surface area contributed by atoms with Crippen LogP contribution in [0.4, 0.5) is 5.69 Å². The van der Waals surface area contributed by atoms with Crippen molar-refractivity contribution in [3.05, 3.63) is 41.6 Å². The molecule has 4 nitrogen and oxygen atoms in total. The first-order chi connectivity index (χ1) is 10.5. The van der Waals surface area contributed by atoms with Crippen molar-refractivity contribution in [1.29, 1.82) is 5.26 Å². The summed E-state index contributed by atoms with van der Waals surface area (Å²) in [7, 11) is 0. The highest BCUT2D eigenvalue weighted by atomic mass is 16.1. The number of aryl methyl sites for hydroxylation is 1. The monoisotopic (exact) mass is 297 g/mol. The number of piperidine rings is 1. The molecule has 0 radical (unpaired) electrons. The lowest BCUT2D eigenvalue weighted by Gasteiger charge is -2.38. The molecule has 0 aromatic heterocycles. The van der Waals surface area contributed by atoms with Crippen molar-refractivity contribution < 1.29 is 4.79 Å². The third-order valence-corrected chi connectivity index (χ3v) is 4.18. The minimum absolute atomic E-state index is 0.155.